The predicted octanol–water partition coefficient (Wildman–Crippen LogP) is 3.37. The summed E-state index contributed by atoms with van der Waals surface area (Å²) in [6.07, 6.45) is 2.49. The molecule has 30 heavy (non-hydrogen) atoms. The van der Waals surface area contributed by atoms with Gasteiger partial charge in [0, 0.05) is 31.0 Å². The number of rotatable bonds is 6. The first-order valence-corrected chi connectivity index (χ1v) is 10.6. The van der Waals surface area contributed by atoms with Gasteiger partial charge in [-0.15, -0.1) is 0 Å². The van der Waals surface area contributed by atoms with E-state index in [-0.39, 0.29) is 17.3 Å². The molecule has 1 atom stereocenters. The van der Waals surface area contributed by atoms with E-state index in [2.05, 4.69) is 37.5 Å². The molecular formula is C23H29N5O2. The van der Waals surface area contributed by atoms with Crippen LogP contribution in [0.1, 0.15) is 49.7 Å². The van der Waals surface area contributed by atoms with E-state index in [4.69, 9.17) is 4.98 Å². The third-order valence-electron chi connectivity index (χ3n) is 6.28. The molecule has 0 aliphatic carbocycles. The Bertz CT molecular complexity index is 1340. The van der Waals surface area contributed by atoms with Crippen molar-refractivity contribution in [3.05, 3.63) is 68.1 Å². The lowest BCUT2D eigenvalue weighted by molar-refractivity contribution is 0.532. The van der Waals surface area contributed by atoms with Crippen molar-refractivity contribution in [2.45, 2.75) is 59.5 Å². The van der Waals surface area contributed by atoms with Crippen LogP contribution >= 0.6 is 0 Å². The van der Waals surface area contributed by atoms with Gasteiger partial charge < -0.3 is 4.57 Å². The van der Waals surface area contributed by atoms with Crippen LogP contribution in [0.25, 0.3) is 16.9 Å². The van der Waals surface area contributed by atoms with Gasteiger partial charge in [0.25, 0.3) is 5.56 Å². The Balaban J connectivity index is 1.86. The molecule has 0 N–H and O–H groups in total. The number of aromatic nitrogens is 5. The molecule has 3 aromatic heterocycles. The zero-order chi connectivity index (χ0) is 21.6. The molecule has 0 aliphatic rings. The Morgan fingerprint density at radius 1 is 1.07 bits per heavy atom. The van der Waals surface area contributed by atoms with Gasteiger partial charge in [0.05, 0.1) is 0 Å². The standard InChI is InChI=1S/C23H29N5O2/c1-6-15(2)27-16(3)17(4)28-19-20(24-22(27)28)25(5)23(30)26(21(19)29)14-10-13-18-11-8-7-9-12-18/h7-9,11-12,15H,6,10,13-14H2,1-5H3/t15-/m1/s1. The molecule has 0 saturated heterocycles. The van der Waals surface area contributed by atoms with Crippen LogP contribution in [0.4, 0.5) is 0 Å². The Morgan fingerprint density at radius 2 is 1.77 bits per heavy atom. The van der Waals surface area contributed by atoms with E-state index in [9.17, 15) is 9.59 Å². The Labute approximate surface area is 175 Å². The number of aryl methyl sites for hydroxylation is 3. The molecule has 0 spiro atoms. The number of hydrogen-bond acceptors (Lipinski definition) is 3. The molecular weight excluding hydrogens is 378 g/mol. The number of nitrogens with zero attached hydrogens (tertiary/aromatic N) is 5. The lowest BCUT2D eigenvalue weighted by Gasteiger charge is -2.13. The molecule has 4 rings (SSSR count). The van der Waals surface area contributed by atoms with Gasteiger partial charge in [-0.3, -0.25) is 18.3 Å². The highest BCUT2D eigenvalue weighted by Gasteiger charge is 2.23. The quantitative estimate of drug-likeness (QED) is 0.492. The third-order valence-corrected chi connectivity index (χ3v) is 6.28. The minimum atomic E-state index is -0.314. The molecule has 0 amide bonds. The molecule has 4 aromatic rings. The summed E-state index contributed by atoms with van der Waals surface area (Å²) in [4.78, 5) is 31.1. The summed E-state index contributed by atoms with van der Waals surface area (Å²) >= 11 is 0. The van der Waals surface area contributed by atoms with E-state index >= 15 is 0 Å². The minimum absolute atomic E-state index is 0.253. The van der Waals surface area contributed by atoms with Crippen molar-refractivity contribution >= 4 is 16.9 Å². The smallest absolute Gasteiger partial charge is 0.311 e. The van der Waals surface area contributed by atoms with Gasteiger partial charge >= 0.3 is 5.69 Å². The number of hydrogen-bond donors (Lipinski definition) is 0. The fraction of sp³-hybridized carbons (Fsp3) is 0.435. The van der Waals surface area contributed by atoms with Crippen molar-refractivity contribution in [1.82, 2.24) is 23.1 Å². The summed E-state index contributed by atoms with van der Waals surface area (Å²) in [7, 11) is 1.69. The van der Waals surface area contributed by atoms with E-state index in [1.807, 2.05) is 29.5 Å². The second-order valence-corrected chi connectivity index (χ2v) is 8.11. The molecule has 0 fully saturated rings. The number of imidazole rings is 2. The van der Waals surface area contributed by atoms with Gasteiger partial charge in [-0.25, -0.2) is 4.79 Å². The van der Waals surface area contributed by atoms with E-state index in [0.717, 1.165) is 36.4 Å². The monoisotopic (exact) mass is 407 g/mol. The molecule has 0 radical (unpaired) electrons. The van der Waals surface area contributed by atoms with Crippen molar-refractivity contribution in [1.29, 1.82) is 0 Å². The van der Waals surface area contributed by atoms with Gasteiger partial charge in [-0.2, -0.15) is 4.98 Å². The van der Waals surface area contributed by atoms with Crippen molar-refractivity contribution in [3.63, 3.8) is 0 Å². The third kappa shape index (κ3) is 3.00. The minimum Gasteiger partial charge on any atom is -0.311 e. The SMILES string of the molecule is CC[C@@H](C)n1c(C)c(C)n2c3c(=O)n(CCCc4ccccc4)c(=O)n(C)c3nc12. The summed E-state index contributed by atoms with van der Waals surface area (Å²) in [5.74, 6) is 0.725. The average molecular weight is 408 g/mol. The normalized spacial score (nSPS) is 12.8. The Kier molecular flexibility index (Phi) is 5.13. The summed E-state index contributed by atoms with van der Waals surface area (Å²) in [5, 5.41) is 0. The first kappa shape index (κ1) is 20.2. The largest absolute Gasteiger partial charge is 0.332 e. The second kappa shape index (κ2) is 7.63. The number of fused-ring (bicyclic) bond motifs is 3. The van der Waals surface area contributed by atoms with E-state index in [1.165, 1.54) is 14.7 Å². The van der Waals surface area contributed by atoms with Gasteiger partial charge in [0.1, 0.15) is 0 Å². The lowest BCUT2D eigenvalue weighted by atomic mass is 10.1. The number of benzene rings is 1. The second-order valence-electron chi connectivity index (χ2n) is 8.11. The molecule has 158 valence electrons. The summed E-state index contributed by atoms with van der Waals surface area (Å²) in [6.45, 7) is 8.73. The molecule has 7 heteroatoms. The maximum atomic E-state index is 13.4. The van der Waals surface area contributed by atoms with Gasteiger partial charge in [-0.05, 0) is 45.6 Å². The van der Waals surface area contributed by atoms with Crippen LogP contribution in [0.2, 0.25) is 0 Å². The zero-order valence-electron chi connectivity index (χ0n) is 18.3. The summed E-state index contributed by atoms with van der Waals surface area (Å²) < 4.78 is 6.95. The van der Waals surface area contributed by atoms with Crippen LogP contribution in [0, 0.1) is 13.8 Å². The highest BCUT2D eigenvalue weighted by molar-refractivity contribution is 5.76. The first-order valence-electron chi connectivity index (χ1n) is 10.6. The fourth-order valence-corrected chi connectivity index (χ4v) is 4.27. The van der Waals surface area contributed by atoms with Gasteiger partial charge in [0.2, 0.25) is 5.78 Å². The fourth-order valence-electron chi connectivity index (χ4n) is 4.27. The van der Waals surface area contributed by atoms with E-state index in [0.29, 0.717) is 17.7 Å². The van der Waals surface area contributed by atoms with Crippen LogP contribution in [-0.4, -0.2) is 23.1 Å². The summed E-state index contributed by atoms with van der Waals surface area (Å²) in [5.41, 5.74) is 3.63. The van der Waals surface area contributed by atoms with Crippen LogP contribution < -0.4 is 11.2 Å². The highest BCUT2D eigenvalue weighted by Crippen LogP contribution is 2.25. The zero-order valence-corrected chi connectivity index (χ0v) is 18.3. The molecule has 7 nitrogen and oxygen atoms in total. The first-order chi connectivity index (χ1) is 14.4. The van der Waals surface area contributed by atoms with E-state index < -0.39 is 0 Å². The summed E-state index contributed by atoms with van der Waals surface area (Å²) in [6, 6.07) is 10.4. The van der Waals surface area contributed by atoms with Crippen molar-refractivity contribution < 1.29 is 0 Å². The topological polar surface area (TPSA) is 66.2 Å². The Morgan fingerprint density at radius 3 is 2.43 bits per heavy atom. The molecule has 0 saturated carbocycles. The van der Waals surface area contributed by atoms with Crippen LogP contribution in [0.15, 0.2) is 39.9 Å². The van der Waals surface area contributed by atoms with Gasteiger partial charge in [-0.1, -0.05) is 37.3 Å². The average Bonchev–Trinajstić information content (AvgIpc) is 3.25. The van der Waals surface area contributed by atoms with Crippen molar-refractivity contribution in [3.8, 4) is 0 Å². The maximum Gasteiger partial charge on any atom is 0.332 e. The molecule has 1 aromatic carbocycles. The van der Waals surface area contributed by atoms with Crippen LogP contribution in [-0.2, 0) is 20.0 Å². The molecule has 0 bridgehead atoms. The van der Waals surface area contributed by atoms with Crippen molar-refractivity contribution in [2.75, 3.05) is 0 Å². The van der Waals surface area contributed by atoms with E-state index in [1.54, 1.807) is 7.05 Å². The molecule has 0 unspecified atom stereocenters. The molecule has 3 heterocycles. The predicted molar refractivity (Wildman–Crippen MR) is 119 cm³/mol. The van der Waals surface area contributed by atoms with Crippen LogP contribution in [0.3, 0.4) is 0 Å². The highest BCUT2D eigenvalue weighted by atomic mass is 16.2. The Hall–Kier alpha value is -3.09. The van der Waals surface area contributed by atoms with Gasteiger partial charge in [0.15, 0.2) is 11.2 Å². The molecule has 0 aliphatic heterocycles. The van der Waals surface area contributed by atoms with Crippen molar-refractivity contribution in [2.24, 2.45) is 7.05 Å². The lowest BCUT2D eigenvalue weighted by Crippen LogP contribution is -2.39. The maximum absolute atomic E-state index is 13.4. The van der Waals surface area contributed by atoms with Crippen LogP contribution in [0.5, 0.6) is 0 Å².